The Morgan fingerprint density at radius 2 is 1.90 bits per heavy atom. The van der Waals surface area contributed by atoms with E-state index in [9.17, 15) is 4.39 Å². The molecule has 1 atom stereocenters. The van der Waals surface area contributed by atoms with Gasteiger partial charge in [0.2, 0.25) is 0 Å². The van der Waals surface area contributed by atoms with Gasteiger partial charge in [-0.15, -0.1) is 0 Å². The SMILES string of the molecule is CNC(Cc1cc(OC)ccc1Br)c1ccc(F)c(Br)c1. The van der Waals surface area contributed by atoms with E-state index in [1.807, 2.05) is 31.3 Å². The summed E-state index contributed by atoms with van der Waals surface area (Å²) in [6.45, 7) is 0. The summed E-state index contributed by atoms with van der Waals surface area (Å²) in [5.74, 6) is 0.569. The lowest BCUT2D eigenvalue weighted by molar-refractivity contribution is 0.414. The normalized spacial score (nSPS) is 12.2. The van der Waals surface area contributed by atoms with E-state index in [0.29, 0.717) is 4.47 Å². The summed E-state index contributed by atoms with van der Waals surface area (Å²) < 4.78 is 20.1. The second kappa shape index (κ2) is 7.38. The first-order chi connectivity index (χ1) is 10.0. The van der Waals surface area contributed by atoms with Gasteiger partial charge in [0.25, 0.3) is 0 Å². The van der Waals surface area contributed by atoms with E-state index in [1.165, 1.54) is 6.07 Å². The van der Waals surface area contributed by atoms with Crippen molar-refractivity contribution in [3.05, 3.63) is 62.3 Å². The number of nitrogens with one attached hydrogen (secondary N) is 1. The first kappa shape index (κ1) is 16.5. The van der Waals surface area contributed by atoms with Crippen molar-refractivity contribution in [1.82, 2.24) is 5.32 Å². The van der Waals surface area contributed by atoms with Crippen LogP contribution in [0.2, 0.25) is 0 Å². The zero-order valence-electron chi connectivity index (χ0n) is 11.8. The van der Waals surface area contributed by atoms with E-state index in [-0.39, 0.29) is 11.9 Å². The summed E-state index contributed by atoms with van der Waals surface area (Å²) in [6, 6.07) is 11.1. The maximum Gasteiger partial charge on any atom is 0.137 e. The van der Waals surface area contributed by atoms with Crippen LogP contribution in [0, 0.1) is 5.82 Å². The molecule has 5 heteroatoms. The van der Waals surface area contributed by atoms with Crippen LogP contribution in [-0.4, -0.2) is 14.2 Å². The van der Waals surface area contributed by atoms with Crippen molar-refractivity contribution < 1.29 is 9.13 Å². The summed E-state index contributed by atoms with van der Waals surface area (Å²) in [5, 5.41) is 3.27. The number of hydrogen-bond donors (Lipinski definition) is 1. The van der Waals surface area contributed by atoms with Crippen molar-refractivity contribution in [2.45, 2.75) is 12.5 Å². The Balaban J connectivity index is 2.28. The Labute approximate surface area is 141 Å². The summed E-state index contributed by atoms with van der Waals surface area (Å²) in [7, 11) is 3.55. The molecule has 112 valence electrons. The Hall–Kier alpha value is -0.910. The van der Waals surface area contributed by atoms with E-state index in [4.69, 9.17) is 4.74 Å². The van der Waals surface area contributed by atoms with Gasteiger partial charge in [-0.05, 0) is 70.9 Å². The first-order valence-corrected chi connectivity index (χ1v) is 8.08. The number of ether oxygens (including phenoxy) is 1. The fraction of sp³-hybridized carbons (Fsp3) is 0.250. The molecule has 0 bridgehead atoms. The Kier molecular flexibility index (Phi) is 5.79. The fourth-order valence-electron chi connectivity index (χ4n) is 2.17. The standard InChI is InChI=1S/C16H16Br2FNO/c1-20-16(10-3-6-15(19)14(18)8-10)9-11-7-12(21-2)4-5-13(11)17/h3-8,16,20H,9H2,1-2H3. The van der Waals surface area contributed by atoms with E-state index in [1.54, 1.807) is 13.2 Å². The molecule has 0 radical (unpaired) electrons. The molecular weight excluding hydrogens is 401 g/mol. The highest BCUT2D eigenvalue weighted by molar-refractivity contribution is 9.10. The molecule has 0 saturated heterocycles. The maximum atomic E-state index is 13.4. The van der Waals surface area contributed by atoms with E-state index >= 15 is 0 Å². The van der Waals surface area contributed by atoms with Crippen molar-refractivity contribution in [3.63, 3.8) is 0 Å². The monoisotopic (exact) mass is 415 g/mol. The van der Waals surface area contributed by atoms with Crippen molar-refractivity contribution >= 4 is 31.9 Å². The highest BCUT2D eigenvalue weighted by Crippen LogP contribution is 2.29. The van der Waals surface area contributed by atoms with Crippen LogP contribution in [0.3, 0.4) is 0 Å². The van der Waals surface area contributed by atoms with Crippen molar-refractivity contribution in [1.29, 1.82) is 0 Å². The average Bonchev–Trinajstić information content (AvgIpc) is 2.49. The molecule has 2 rings (SSSR count). The second-order valence-corrected chi connectivity index (χ2v) is 6.38. The fourth-order valence-corrected chi connectivity index (χ4v) is 2.98. The van der Waals surface area contributed by atoms with Crippen LogP contribution >= 0.6 is 31.9 Å². The smallest absolute Gasteiger partial charge is 0.137 e. The third kappa shape index (κ3) is 4.05. The topological polar surface area (TPSA) is 21.3 Å². The molecule has 0 spiro atoms. The lowest BCUT2D eigenvalue weighted by Crippen LogP contribution is -2.19. The predicted octanol–water partition coefficient (Wildman–Crippen LogP) is 4.86. The molecule has 0 aliphatic carbocycles. The molecular formula is C16H16Br2FNO. The largest absolute Gasteiger partial charge is 0.497 e. The molecule has 0 aliphatic heterocycles. The average molecular weight is 417 g/mol. The minimum Gasteiger partial charge on any atom is -0.497 e. The number of benzene rings is 2. The summed E-state index contributed by atoms with van der Waals surface area (Å²) >= 11 is 6.80. The van der Waals surface area contributed by atoms with Gasteiger partial charge in [0.05, 0.1) is 11.6 Å². The van der Waals surface area contributed by atoms with Gasteiger partial charge in [-0.3, -0.25) is 0 Å². The minimum atomic E-state index is -0.254. The zero-order valence-corrected chi connectivity index (χ0v) is 15.0. The first-order valence-electron chi connectivity index (χ1n) is 6.49. The van der Waals surface area contributed by atoms with Gasteiger partial charge >= 0.3 is 0 Å². The Morgan fingerprint density at radius 1 is 1.14 bits per heavy atom. The zero-order chi connectivity index (χ0) is 15.4. The van der Waals surface area contributed by atoms with E-state index in [2.05, 4.69) is 37.2 Å². The molecule has 21 heavy (non-hydrogen) atoms. The van der Waals surface area contributed by atoms with E-state index < -0.39 is 0 Å². The molecule has 0 heterocycles. The Bertz CT molecular complexity index is 634. The molecule has 2 aromatic rings. The van der Waals surface area contributed by atoms with Crippen LogP contribution in [-0.2, 0) is 6.42 Å². The number of halogens is 3. The minimum absolute atomic E-state index is 0.0882. The van der Waals surface area contributed by atoms with Gasteiger partial charge in [-0.2, -0.15) is 0 Å². The molecule has 1 unspecified atom stereocenters. The van der Waals surface area contributed by atoms with Crippen LogP contribution in [0.15, 0.2) is 45.3 Å². The van der Waals surface area contributed by atoms with Gasteiger partial charge in [0.1, 0.15) is 11.6 Å². The van der Waals surface area contributed by atoms with Gasteiger partial charge in [-0.25, -0.2) is 4.39 Å². The van der Waals surface area contributed by atoms with E-state index in [0.717, 1.165) is 27.8 Å². The number of methoxy groups -OCH3 is 1. The third-order valence-corrected chi connectivity index (χ3v) is 4.75. The summed E-state index contributed by atoms with van der Waals surface area (Å²) in [6.07, 6.45) is 0.770. The second-order valence-electron chi connectivity index (χ2n) is 4.68. The molecule has 0 aliphatic rings. The maximum absolute atomic E-state index is 13.4. The van der Waals surface area contributed by atoms with Crippen molar-refractivity contribution in [3.8, 4) is 5.75 Å². The van der Waals surface area contributed by atoms with Gasteiger partial charge in [-0.1, -0.05) is 22.0 Å². The number of hydrogen-bond acceptors (Lipinski definition) is 2. The van der Waals surface area contributed by atoms with Crippen LogP contribution in [0.1, 0.15) is 17.2 Å². The van der Waals surface area contributed by atoms with Crippen LogP contribution in [0.25, 0.3) is 0 Å². The Morgan fingerprint density at radius 3 is 2.52 bits per heavy atom. The molecule has 0 aromatic heterocycles. The third-order valence-electron chi connectivity index (χ3n) is 3.37. The number of rotatable bonds is 5. The molecule has 0 fully saturated rings. The highest BCUT2D eigenvalue weighted by atomic mass is 79.9. The van der Waals surface area contributed by atoms with Gasteiger partial charge in [0, 0.05) is 10.5 Å². The molecule has 0 amide bonds. The van der Waals surface area contributed by atoms with Gasteiger partial charge < -0.3 is 10.1 Å². The van der Waals surface area contributed by atoms with Crippen LogP contribution in [0.5, 0.6) is 5.75 Å². The van der Waals surface area contributed by atoms with Crippen molar-refractivity contribution in [2.24, 2.45) is 0 Å². The summed E-state index contributed by atoms with van der Waals surface area (Å²) in [5.41, 5.74) is 2.16. The van der Waals surface area contributed by atoms with Crippen LogP contribution in [0.4, 0.5) is 4.39 Å². The molecule has 1 N–H and O–H groups in total. The number of likely N-dealkylation sites (N-methyl/N-ethyl adjacent to an activating group) is 1. The molecule has 2 nitrogen and oxygen atoms in total. The lowest BCUT2D eigenvalue weighted by atomic mass is 9.99. The van der Waals surface area contributed by atoms with Crippen molar-refractivity contribution in [2.75, 3.05) is 14.2 Å². The predicted molar refractivity (Wildman–Crippen MR) is 90.3 cm³/mol. The highest BCUT2D eigenvalue weighted by Gasteiger charge is 2.14. The molecule has 2 aromatic carbocycles. The summed E-state index contributed by atoms with van der Waals surface area (Å²) in [4.78, 5) is 0. The van der Waals surface area contributed by atoms with Gasteiger partial charge in [0.15, 0.2) is 0 Å². The quantitative estimate of drug-likeness (QED) is 0.751. The van der Waals surface area contributed by atoms with Crippen LogP contribution < -0.4 is 10.1 Å². The molecule has 0 saturated carbocycles. The lowest BCUT2D eigenvalue weighted by Gasteiger charge is -2.18.